The van der Waals surface area contributed by atoms with E-state index in [4.69, 9.17) is 5.26 Å². The summed E-state index contributed by atoms with van der Waals surface area (Å²) in [4.78, 5) is 21.6. The van der Waals surface area contributed by atoms with Crippen LogP contribution < -0.4 is 5.32 Å². The molecule has 0 aromatic heterocycles. The number of nitro benzene ring substituents is 1. The molecule has 0 saturated carbocycles. The Labute approximate surface area is 98.0 Å². The molecule has 1 amide bonds. The molecule has 17 heavy (non-hydrogen) atoms. The number of rotatable bonds is 3. The van der Waals surface area contributed by atoms with Crippen molar-refractivity contribution in [2.24, 2.45) is 5.92 Å². The van der Waals surface area contributed by atoms with Gasteiger partial charge in [0.1, 0.15) is 5.92 Å². The molecule has 0 fully saturated rings. The summed E-state index contributed by atoms with van der Waals surface area (Å²) >= 11 is 0. The van der Waals surface area contributed by atoms with Crippen LogP contribution >= 0.6 is 0 Å². The zero-order chi connectivity index (χ0) is 13.0. The number of nitrogens with one attached hydrogen (secondary N) is 1. The van der Waals surface area contributed by atoms with Gasteiger partial charge in [0.05, 0.1) is 11.0 Å². The molecular weight excluding hydrogens is 222 g/mol. The van der Waals surface area contributed by atoms with Crippen molar-refractivity contribution in [1.29, 1.82) is 5.26 Å². The molecule has 0 spiro atoms. The van der Waals surface area contributed by atoms with Gasteiger partial charge in [0, 0.05) is 17.3 Å². The van der Waals surface area contributed by atoms with Crippen LogP contribution in [0.5, 0.6) is 0 Å². The Morgan fingerprint density at radius 2 is 2.24 bits per heavy atom. The van der Waals surface area contributed by atoms with Crippen LogP contribution in [-0.2, 0) is 4.79 Å². The fourth-order valence-electron chi connectivity index (χ4n) is 1.19. The van der Waals surface area contributed by atoms with Crippen LogP contribution in [0, 0.1) is 34.3 Å². The molecule has 0 aliphatic heterocycles. The summed E-state index contributed by atoms with van der Waals surface area (Å²) < 4.78 is 0. The number of carbonyl (C=O) groups is 1. The number of nitrogens with zero attached hydrogens (tertiary/aromatic N) is 2. The average molecular weight is 233 g/mol. The minimum Gasteiger partial charge on any atom is -0.325 e. The van der Waals surface area contributed by atoms with Crippen molar-refractivity contribution in [3.05, 3.63) is 33.9 Å². The van der Waals surface area contributed by atoms with Crippen molar-refractivity contribution in [2.45, 2.75) is 13.8 Å². The van der Waals surface area contributed by atoms with Crippen molar-refractivity contribution in [1.82, 2.24) is 0 Å². The molecule has 1 rings (SSSR count). The lowest BCUT2D eigenvalue weighted by Gasteiger charge is -2.06. The summed E-state index contributed by atoms with van der Waals surface area (Å²) in [5.74, 6) is -1.28. The predicted octanol–water partition coefficient (Wildman–Crippen LogP) is 2.00. The third kappa shape index (κ3) is 3.01. The number of nitro groups is 1. The molecule has 88 valence electrons. The lowest BCUT2D eigenvalue weighted by atomic mass is 10.1. The minimum atomic E-state index is -0.796. The van der Waals surface area contributed by atoms with E-state index in [2.05, 4.69) is 5.32 Å². The quantitative estimate of drug-likeness (QED) is 0.637. The Hall–Kier alpha value is -2.42. The number of hydrogen-bond donors (Lipinski definition) is 1. The number of hydrogen-bond acceptors (Lipinski definition) is 4. The van der Waals surface area contributed by atoms with Gasteiger partial charge in [0.15, 0.2) is 0 Å². The first-order valence-corrected chi connectivity index (χ1v) is 4.91. The van der Waals surface area contributed by atoms with E-state index in [0.29, 0.717) is 11.3 Å². The highest BCUT2D eigenvalue weighted by atomic mass is 16.6. The zero-order valence-electron chi connectivity index (χ0n) is 9.43. The monoisotopic (exact) mass is 233 g/mol. The third-order valence-corrected chi connectivity index (χ3v) is 2.26. The van der Waals surface area contributed by atoms with Gasteiger partial charge in [-0.25, -0.2) is 0 Å². The fraction of sp³-hybridized carbons (Fsp3) is 0.273. The Balaban J connectivity index is 2.95. The predicted molar refractivity (Wildman–Crippen MR) is 61.2 cm³/mol. The first-order valence-electron chi connectivity index (χ1n) is 4.91. The van der Waals surface area contributed by atoms with Crippen LogP contribution in [0.2, 0.25) is 0 Å². The zero-order valence-corrected chi connectivity index (χ0v) is 9.43. The van der Waals surface area contributed by atoms with Crippen molar-refractivity contribution >= 4 is 17.3 Å². The Morgan fingerprint density at radius 1 is 1.59 bits per heavy atom. The fourth-order valence-corrected chi connectivity index (χ4v) is 1.19. The molecule has 0 bridgehead atoms. The molecule has 1 unspecified atom stereocenters. The molecule has 0 aliphatic carbocycles. The van der Waals surface area contributed by atoms with Crippen LogP contribution in [0.15, 0.2) is 18.2 Å². The standard InChI is InChI=1S/C11H11N3O3/c1-7-3-4-9(5-10(7)14(16)17)13-11(15)8(2)6-12/h3-5,8H,1-2H3,(H,13,15). The van der Waals surface area contributed by atoms with E-state index < -0.39 is 16.7 Å². The topological polar surface area (TPSA) is 96.0 Å². The van der Waals surface area contributed by atoms with E-state index in [1.165, 1.54) is 13.0 Å². The van der Waals surface area contributed by atoms with Gasteiger partial charge in [0.25, 0.3) is 5.69 Å². The lowest BCUT2D eigenvalue weighted by Crippen LogP contribution is -2.18. The Morgan fingerprint density at radius 3 is 2.76 bits per heavy atom. The second-order valence-corrected chi connectivity index (χ2v) is 3.60. The summed E-state index contributed by atoms with van der Waals surface area (Å²) in [5, 5.41) is 21.7. The molecule has 0 saturated heterocycles. The van der Waals surface area contributed by atoms with Gasteiger partial charge >= 0.3 is 0 Å². The maximum atomic E-state index is 11.4. The van der Waals surface area contributed by atoms with Crippen molar-refractivity contribution in [3.8, 4) is 6.07 Å². The highest BCUT2D eigenvalue weighted by Crippen LogP contribution is 2.22. The first kappa shape index (κ1) is 12.6. The molecule has 0 radical (unpaired) electrons. The second kappa shape index (κ2) is 5.07. The van der Waals surface area contributed by atoms with Gasteiger partial charge in [-0.15, -0.1) is 0 Å². The molecule has 6 nitrogen and oxygen atoms in total. The normalized spacial score (nSPS) is 11.4. The molecule has 6 heteroatoms. The number of nitriles is 1. The second-order valence-electron chi connectivity index (χ2n) is 3.60. The van der Waals surface area contributed by atoms with Crippen LogP contribution in [0.3, 0.4) is 0 Å². The number of benzene rings is 1. The molecule has 1 aromatic rings. The van der Waals surface area contributed by atoms with E-state index in [1.807, 2.05) is 0 Å². The summed E-state index contributed by atoms with van der Waals surface area (Å²) in [6, 6.07) is 6.17. The van der Waals surface area contributed by atoms with Gasteiger partial charge in [-0.05, 0) is 19.9 Å². The smallest absolute Gasteiger partial charge is 0.274 e. The van der Waals surface area contributed by atoms with E-state index in [9.17, 15) is 14.9 Å². The van der Waals surface area contributed by atoms with E-state index in [1.54, 1.807) is 25.1 Å². The van der Waals surface area contributed by atoms with Gasteiger partial charge in [0.2, 0.25) is 5.91 Å². The van der Waals surface area contributed by atoms with E-state index in [-0.39, 0.29) is 5.69 Å². The van der Waals surface area contributed by atoms with Crippen LogP contribution in [-0.4, -0.2) is 10.8 Å². The third-order valence-electron chi connectivity index (χ3n) is 2.26. The largest absolute Gasteiger partial charge is 0.325 e. The van der Waals surface area contributed by atoms with Gasteiger partial charge < -0.3 is 5.32 Å². The summed E-state index contributed by atoms with van der Waals surface area (Å²) in [5.41, 5.74) is 0.767. The van der Waals surface area contributed by atoms with E-state index >= 15 is 0 Å². The highest BCUT2D eigenvalue weighted by molar-refractivity contribution is 5.94. The number of anilines is 1. The van der Waals surface area contributed by atoms with Gasteiger partial charge in [-0.2, -0.15) is 5.26 Å². The van der Waals surface area contributed by atoms with Crippen LogP contribution in [0.1, 0.15) is 12.5 Å². The van der Waals surface area contributed by atoms with Crippen LogP contribution in [0.25, 0.3) is 0 Å². The number of aryl methyl sites for hydroxylation is 1. The van der Waals surface area contributed by atoms with E-state index in [0.717, 1.165) is 0 Å². The summed E-state index contributed by atoms with van der Waals surface area (Å²) in [6.07, 6.45) is 0. The molecule has 1 aromatic carbocycles. The average Bonchev–Trinajstić information content (AvgIpc) is 2.30. The Bertz CT molecular complexity index is 505. The molecule has 0 aliphatic rings. The highest BCUT2D eigenvalue weighted by Gasteiger charge is 2.15. The summed E-state index contributed by atoms with van der Waals surface area (Å²) in [7, 11) is 0. The molecule has 1 N–H and O–H groups in total. The van der Waals surface area contributed by atoms with Crippen molar-refractivity contribution < 1.29 is 9.72 Å². The molecular formula is C11H11N3O3. The molecule has 0 heterocycles. The van der Waals surface area contributed by atoms with Gasteiger partial charge in [-0.1, -0.05) is 6.07 Å². The first-order chi connectivity index (χ1) is 7.95. The Kier molecular flexibility index (Phi) is 3.78. The maximum absolute atomic E-state index is 11.4. The van der Waals surface area contributed by atoms with Crippen molar-refractivity contribution in [3.63, 3.8) is 0 Å². The number of amides is 1. The van der Waals surface area contributed by atoms with Gasteiger partial charge in [-0.3, -0.25) is 14.9 Å². The van der Waals surface area contributed by atoms with Crippen molar-refractivity contribution in [2.75, 3.05) is 5.32 Å². The minimum absolute atomic E-state index is 0.0626. The molecule has 1 atom stereocenters. The lowest BCUT2D eigenvalue weighted by molar-refractivity contribution is -0.385. The number of carbonyl (C=O) groups excluding carboxylic acids is 1. The SMILES string of the molecule is Cc1ccc(NC(=O)C(C)C#N)cc1[N+](=O)[O-]. The summed E-state index contributed by atoms with van der Waals surface area (Å²) in [6.45, 7) is 3.07. The van der Waals surface area contributed by atoms with Crippen LogP contribution in [0.4, 0.5) is 11.4 Å². The maximum Gasteiger partial charge on any atom is 0.274 e.